The average molecular weight is 239 g/mol. The molecule has 0 aliphatic rings. The van der Waals surface area contributed by atoms with Gasteiger partial charge in [0.1, 0.15) is 5.69 Å². The number of aromatic nitrogens is 4. The van der Waals surface area contributed by atoms with Crippen LogP contribution < -0.4 is 5.32 Å². The molecule has 0 fully saturated rings. The zero-order valence-electron chi connectivity index (χ0n) is 10.3. The Bertz CT molecular complexity index is 701. The van der Waals surface area contributed by atoms with Crippen LogP contribution in [-0.4, -0.2) is 27.0 Å². The molecule has 2 heterocycles. The molecule has 0 amide bonds. The lowest BCUT2D eigenvalue weighted by molar-refractivity contribution is 0.772. The van der Waals surface area contributed by atoms with Gasteiger partial charge in [-0.25, -0.2) is 0 Å². The molecule has 0 radical (unpaired) electrons. The number of hydrogen-bond acceptors (Lipinski definition) is 4. The molecule has 5 nitrogen and oxygen atoms in total. The van der Waals surface area contributed by atoms with Crippen LogP contribution >= 0.6 is 0 Å². The molecule has 0 bridgehead atoms. The summed E-state index contributed by atoms with van der Waals surface area (Å²) in [5.74, 6) is 0.788. The standard InChI is InChI=1S/C13H13N5/c1-14-13-10-6-4-3-5-9(10)12(16-17-13)11-7-8-15-18(11)2/h3-8H,1-2H3,(H,14,17). The number of benzene rings is 1. The van der Waals surface area contributed by atoms with Gasteiger partial charge >= 0.3 is 0 Å². The van der Waals surface area contributed by atoms with Crippen molar-refractivity contribution in [3.63, 3.8) is 0 Å². The van der Waals surface area contributed by atoms with Gasteiger partial charge in [-0.15, -0.1) is 10.2 Å². The molecular weight excluding hydrogens is 226 g/mol. The second kappa shape index (κ2) is 4.10. The van der Waals surface area contributed by atoms with Gasteiger partial charge in [0, 0.05) is 31.1 Å². The third-order valence-electron chi connectivity index (χ3n) is 2.99. The minimum Gasteiger partial charge on any atom is -0.371 e. The van der Waals surface area contributed by atoms with E-state index in [-0.39, 0.29) is 0 Å². The lowest BCUT2D eigenvalue weighted by Gasteiger charge is -2.08. The molecule has 0 saturated carbocycles. The van der Waals surface area contributed by atoms with Crippen molar-refractivity contribution in [1.82, 2.24) is 20.0 Å². The number of hydrogen-bond donors (Lipinski definition) is 1. The highest BCUT2D eigenvalue weighted by molar-refractivity contribution is 5.99. The molecule has 2 aromatic heterocycles. The van der Waals surface area contributed by atoms with E-state index in [1.807, 2.05) is 44.4 Å². The summed E-state index contributed by atoms with van der Waals surface area (Å²) in [7, 11) is 3.75. The van der Waals surface area contributed by atoms with E-state index in [0.717, 1.165) is 28.0 Å². The summed E-state index contributed by atoms with van der Waals surface area (Å²) in [6, 6.07) is 10.0. The summed E-state index contributed by atoms with van der Waals surface area (Å²) in [5.41, 5.74) is 1.81. The number of fused-ring (bicyclic) bond motifs is 1. The predicted octanol–water partition coefficient (Wildman–Crippen LogP) is 2.07. The van der Waals surface area contributed by atoms with Crippen molar-refractivity contribution in [2.75, 3.05) is 12.4 Å². The Morgan fingerprint density at radius 3 is 2.50 bits per heavy atom. The van der Waals surface area contributed by atoms with Crippen LogP contribution in [0.2, 0.25) is 0 Å². The molecule has 0 saturated heterocycles. The van der Waals surface area contributed by atoms with Crippen molar-refractivity contribution in [3.8, 4) is 11.4 Å². The minimum atomic E-state index is 0.788. The van der Waals surface area contributed by atoms with Gasteiger partial charge in [-0.1, -0.05) is 24.3 Å². The summed E-state index contributed by atoms with van der Waals surface area (Å²) < 4.78 is 1.80. The lowest BCUT2D eigenvalue weighted by Crippen LogP contribution is -2.01. The summed E-state index contributed by atoms with van der Waals surface area (Å²) in [6.07, 6.45) is 1.76. The van der Waals surface area contributed by atoms with E-state index in [0.29, 0.717) is 0 Å². The van der Waals surface area contributed by atoms with Crippen LogP contribution in [-0.2, 0) is 7.05 Å². The molecule has 3 rings (SSSR count). The molecule has 0 spiro atoms. The van der Waals surface area contributed by atoms with E-state index in [1.165, 1.54) is 0 Å². The van der Waals surface area contributed by atoms with Crippen LogP contribution in [0.25, 0.3) is 22.2 Å². The molecule has 0 atom stereocenters. The van der Waals surface area contributed by atoms with Crippen molar-refractivity contribution < 1.29 is 0 Å². The molecule has 1 aromatic carbocycles. The van der Waals surface area contributed by atoms with Crippen LogP contribution in [0, 0.1) is 0 Å². The Hall–Kier alpha value is -2.43. The highest BCUT2D eigenvalue weighted by atomic mass is 15.3. The zero-order chi connectivity index (χ0) is 12.5. The van der Waals surface area contributed by atoms with Gasteiger partial charge in [-0.05, 0) is 6.07 Å². The van der Waals surface area contributed by atoms with E-state index < -0.39 is 0 Å². The maximum atomic E-state index is 4.31. The summed E-state index contributed by atoms with van der Waals surface area (Å²) >= 11 is 0. The molecular formula is C13H13N5. The van der Waals surface area contributed by atoms with Crippen molar-refractivity contribution in [2.24, 2.45) is 7.05 Å². The van der Waals surface area contributed by atoms with Crippen LogP contribution in [0.1, 0.15) is 0 Å². The topological polar surface area (TPSA) is 55.6 Å². The van der Waals surface area contributed by atoms with Crippen molar-refractivity contribution in [3.05, 3.63) is 36.5 Å². The van der Waals surface area contributed by atoms with Crippen LogP contribution in [0.4, 0.5) is 5.82 Å². The van der Waals surface area contributed by atoms with Crippen molar-refractivity contribution in [2.45, 2.75) is 0 Å². The Balaban J connectivity index is 2.35. The fraction of sp³-hybridized carbons (Fsp3) is 0.154. The van der Waals surface area contributed by atoms with Crippen LogP contribution in [0.15, 0.2) is 36.5 Å². The fourth-order valence-electron chi connectivity index (χ4n) is 2.08. The smallest absolute Gasteiger partial charge is 0.156 e. The van der Waals surface area contributed by atoms with E-state index in [4.69, 9.17) is 0 Å². The first-order chi connectivity index (χ1) is 8.81. The molecule has 3 aromatic rings. The zero-order valence-corrected chi connectivity index (χ0v) is 10.3. The highest BCUT2D eigenvalue weighted by Crippen LogP contribution is 2.28. The number of aryl methyl sites for hydroxylation is 1. The Labute approximate surface area is 104 Å². The largest absolute Gasteiger partial charge is 0.371 e. The second-order valence-corrected chi connectivity index (χ2v) is 4.03. The average Bonchev–Trinajstić information content (AvgIpc) is 2.83. The summed E-state index contributed by atoms with van der Waals surface area (Å²) in [6.45, 7) is 0. The first kappa shape index (κ1) is 10.7. The van der Waals surface area contributed by atoms with E-state index in [2.05, 4.69) is 20.6 Å². The van der Waals surface area contributed by atoms with E-state index in [9.17, 15) is 0 Å². The highest BCUT2D eigenvalue weighted by Gasteiger charge is 2.12. The van der Waals surface area contributed by atoms with Gasteiger partial charge in [0.25, 0.3) is 0 Å². The maximum Gasteiger partial charge on any atom is 0.156 e. The Morgan fingerprint density at radius 2 is 1.83 bits per heavy atom. The molecule has 0 aliphatic heterocycles. The Kier molecular flexibility index (Phi) is 2.44. The van der Waals surface area contributed by atoms with Gasteiger partial charge in [0.05, 0.1) is 5.69 Å². The Morgan fingerprint density at radius 1 is 1.06 bits per heavy atom. The minimum absolute atomic E-state index is 0.788. The quantitative estimate of drug-likeness (QED) is 0.743. The lowest BCUT2D eigenvalue weighted by atomic mass is 10.1. The first-order valence-corrected chi connectivity index (χ1v) is 5.73. The van der Waals surface area contributed by atoms with E-state index in [1.54, 1.807) is 10.9 Å². The van der Waals surface area contributed by atoms with Gasteiger partial charge in [-0.3, -0.25) is 4.68 Å². The normalized spacial score (nSPS) is 10.8. The fourth-order valence-corrected chi connectivity index (χ4v) is 2.08. The third-order valence-corrected chi connectivity index (χ3v) is 2.99. The van der Waals surface area contributed by atoms with Crippen molar-refractivity contribution in [1.29, 1.82) is 0 Å². The molecule has 0 aliphatic carbocycles. The third kappa shape index (κ3) is 1.52. The molecule has 5 heteroatoms. The number of rotatable bonds is 2. The molecule has 90 valence electrons. The van der Waals surface area contributed by atoms with Crippen LogP contribution in [0.5, 0.6) is 0 Å². The summed E-state index contributed by atoms with van der Waals surface area (Å²) in [4.78, 5) is 0. The number of nitrogens with one attached hydrogen (secondary N) is 1. The molecule has 0 unspecified atom stereocenters. The van der Waals surface area contributed by atoms with Crippen LogP contribution in [0.3, 0.4) is 0 Å². The van der Waals surface area contributed by atoms with E-state index >= 15 is 0 Å². The number of anilines is 1. The summed E-state index contributed by atoms with van der Waals surface area (Å²) in [5, 5.41) is 17.9. The van der Waals surface area contributed by atoms with Gasteiger partial charge in [-0.2, -0.15) is 5.10 Å². The van der Waals surface area contributed by atoms with Crippen molar-refractivity contribution >= 4 is 16.6 Å². The van der Waals surface area contributed by atoms with Gasteiger partial charge < -0.3 is 5.32 Å². The first-order valence-electron chi connectivity index (χ1n) is 5.73. The molecule has 18 heavy (non-hydrogen) atoms. The second-order valence-electron chi connectivity index (χ2n) is 4.03. The van der Waals surface area contributed by atoms with Gasteiger partial charge in [0.15, 0.2) is 5.82 Å². The SMILES string of the molecule is CNc1nnc(-c2ccnn2C)c2ccccc12. The van der Waals surface area contributed by atoms with Gasteiger partial charge in [0.2, 0.25) is 0 Å². The maximum absolute atomic E-state index is 4.31. The predicted molar refractivity (Wildman–Crippen MR) is 71.3 cm³/mol. The number of nitrogens with zero attached hydrogens (tertiary/aromatic N) is 4. The monoisotopic (exact) mass is 239 g/mol. The molecule has 1 N–H and O–H groups in total.